The minimum atomic E-state index is -0.222. The molecule has 0 aliphatic rings. The zero-order valence-corrected chi connectivity index (χ0v) is 12.9. The smallest absolute Gasteiger partial charge is 0.360 e. The molecule has 0 aromatic heterocycles. The molecule has 0 radical (unpaired) electrons. The van der Waals surface area contributed by atoms with Gasteiger partial charge in [-0.05, 0) is 35.4 Å². The Kier molecular flexibility index (Phi) is 5.80. The number of hydrogen-bond acceptors (Lipinski definition) is 4. The minimum Gasteiger partial charge on any atom is -0.508 e. The van der Waals surface area contributed by atoms with Crippen LogP contribution in [0.2, 0.25) is 0 Å². The van der Waals surface area contributed by atoms with Gasteiger partial charge in [0.2, 0.25) is 5.91 Å². The zero-order valence-electron chi connectivity index (χ0n) is 12.9. The summed E-state index contributed by atoms with van der Waals surface area (Å²) in [5.74, 6) is 0.0209. The van der Waals surface area contributed by atoms with Gasteiger partial charge in [-0.1, -0.05) is 24.3 Å². The monoisotopic (exact) mass is 300 g/mol. The first kappa shape index (κ1) is 16.3. The molecule has 22 heavy (non-hydrogen) atoms. The lowest BCUT2D eigenvalue weighted by molar-refractivity contribution is -0.122. The molecule has 0 heterocycles. The van der Waals surface area contributed by atoms with Crippen molar-refractivity contribution in [2.75, 3.05) is 20.2 Å². The standard InChI is InChI=1S/C16H21BN2O3/c1-11(16(21)18-7-8-19-17-22-2)12-3-4-14-10-15(20)6-5-13(14)9-12/h3-6,9-11,17,19-20H,7-8H2,1-2H3,(H,18,21)/t11-/m1/s1. The molecule has 5 nitrogen and oxygen atoms in total. The van der Waals surface area contributed by atoms with Gasteiger partial charge in [0, 0.05) is 20.2 Å². The molecule has 3 N–H and O–H groups in total. The third kappa shape index (κ3) is 4.22. The van der Waals surface area contributed by atoms with Crippen molar-refractivity contribution in [3.63, 3.8) is 0 Å². The van der Waals surface area contributed by atoms with Crippen LogP contribution >= 0.6 is 0 Å². The van der Waals surface area contributed by atoms with E-state index in [9.17, 15) is 9.90 Å². The SMILES string of the molecule is COBNCCNC(=O)[C@H](C)c1ccc2cc(O)ccc2c1. The lowest BCUT2D eigenvalue weighted by Gasteiger charge is -2.13. The predicted molar refractivity (Wildman–Crippen MR) is 89.2 cm³/mol. The lowest BCUT2D eigenvalue weighted by atomic mass is 9.97. The molecule has 0 aliphatic heterocycles. The van der Waals surface area contributed by atoms with E-state index in [0.717, 1.165) is 16.3 Å². The van der Waals surface area contributed by atoms with E-state index in [-0.39, 0.29) is 17.6 Å². The van der Waals surface area contributed by atoms with E-state index < -0.39 is 0 Å². The van der Waals surface area contributed by atoms with Crippen LogP contribution in [-0.4, -0.2) is 38.8 Å². The molecule has 0 aliphatic carbocycles. The van der Waals surface area contributed by atoms with E-state index >= 15 is 0 Å². The van der Waals surface area contributed by atoms with E-state index in [1.807, 2.05) is 31.2 Å². The van der Waals surface area contributed by atoms with E-state index in [0.29, 0.717) is 20.7 Å². The fraction of sp³-hybridized carbons (Fsp3) is 0.312. The number of fused-ring (bicyclic) bond motifs is 1. The summed E-state index contributed by atoms with van der Waals surface area (Å²) in [6.07, 6.45) is 0. The van der Waals surface area contributed by atoms with Crippen molar-refractivity contribution in [1.29, 1.82) is 0 Å². The van der Waals surface area contributed by atoms with E-state index in [2.05, 4.69) is 10.5 Å². The van der Waals surface area contributed by atoms with Crippen LogP contribution in [0.3, 0.4) is 0 Å². The Bertz CT molecular complexity index is 648. The van der Waals surface area contributed by atoms with Crippen LogP contribution in [-0.2, 0) is 9.45 Å². The Morgan fingerprint density at radius 1 is 1.23 bits per heavy atom. The molecule has 2 rings (SSSR count). The molecule has 0 saturated heterocycles. The van der Waals surface area contributed by atoms with Gasteiger partial charge in [0.05, 0.1) is 5.92 Å². The number of carbonyl (C=O) groups is 1. The molecular weight excluding hydrogens is 279 g/mol. The van der Waals surface area contributed by atoms with Crippen LogP contribution in [0.15, 0.2) is 36.4 Å². The average molecular weight is 300 g/mol. The predicted octanol–water partition coefficient (Wildman–Crippen LogP) is 1.27. The number of carbonyl (C=O) groups excluding carboxylic acids is 1. The van der Waals surface area contributed by atoms with Crippen molar-refractivity contribution < 1.29 is 14.6 Å². The highest BCUT2D eigenvalue weighted by atomic mass is 16.4. The van der Waals surface area contributed by atoms with Gasteiger partial charge in [0.25, 0.3) is 0 Å². The summed E-state index contributed by atoms with van der Waals surface area (Å²) in [4.78, 5) is 12.2. The molecular formula is C16H21BN2O3. The van der Waals surface area contributed by atoms with Crippen molar-refractivity contribution in [2.45, 2.75) is 12.8 Å². The van der Waals surface area contributed by atoms with Crippen LogP contribution in [0.5, 0.6) is 5.75 Å². The Morgan fingerprint density at radius 2 is 1.95 bits per heavy atom. The molecule has 2 aromatic carbocycles. The molecule has 1 amide bonds. The van der Waals surface area contributed by atoms with Crippen LogP contribution in [0.4, 0.5) is 0 Å². The number of nitrogens with one attached hydrogen (secondary N) is 2. The summed E-state index contributed by atoms with van der Waals surface area (Å²) >= 11 is 0. The first-order valence-corrected chi connectivity index (χ1v) is 7.32. The van der Waals surface area contributed by atoms with Crippen molar-refractivity contribution in [3.05, 3.63) is 42.0 Å². The van der Waals surface area contributed by atoms with Crippen LogP contribution in [0.25, 0.3) is 10.8 Å². The Hall–Kier alpha value is -2.05. The van der Waals surface area contributed by atoms with Gasteiger partial charge in [-0.15, -0.1) is 0 Å². The molecule has 2 aromatic rings. The first-order valence-electron chi connectivity index (χ1n) is 7.32. The van der Waals surface area contributed by atoms with Gasteiger partial charge in [-0.2, -0.15) is 0 Å². The van der Waals surface area contributed by atoms with Gasteiger partial charge in [0.15, 0.2) is 0 Å². The summed E-state index contributed by atoms with van der Waals surface area (Å²) in [6, 6.07) is 11.1. The second kappa shape index (κ2) is 7.82. The van der Waals surface area contributed by atoms with Gasteiger partial charge < -0.3 is 20.3 Å². The topological polar surface area (TPSA) is 70.6 Å². The van der Waals surface area contributed by atoms with Gasteiger partial charge in [-0.25, -0.2) is 0 Å². The van der Waals surface area contributed by atoms with Crippen molar-refractivity contribution in [3.8, 4) is 5.75 Å². The molecule has 0 spiro atoms. The summed E-state index contributed by atoms with van der Waals surface area (Å²) < 4.78 is 4.87. The van der Waals surface area contributed by atoms with E-state index in [4.69, 9.17) is 4.65 Å². The third-order valence-corrected chi connectivity index (χ3v) is 3.59. The Balaban J connectivity index is 1.98. The number of amides is 1. The van der Waals surface area contributed by atoms with Crippen molar-refractivity contribution in [2.24, 2.45) is 0 Å². The van der Waals surface area contributed by atoms with Gasteiger partial charge in [0.1, 0.15) is 5.75 Å². The number of benzene rings is 2. The lowest BCUT2D eigenvalue weighted by Crippen LogP contribution is -2.35. The van der Waals surface area contributed by atoms with Crippen LogP contribution in [0.1, 0.15) is 18.4 Å². The normalized spacial score (nSPS) is 12.1. The van der Waals surface area contributed by atoms with E-state index in [1.165, 1.54) is 0 Å². The number of aromatic hydroxyl groups is 1. The number of phenols is 1. The van der Waals surface area contributed by atoms with Crippen LogP contribution < -0.4 is 10.5 Å². The highest BCUT2D eigenvalue weighted by molar-refractivity contribution is 6.23. The summed E-state index contributed by atoms with van der Waals surface area (Å²) in [5.41, 5.74) is 0.959. The highest BCUT2D eigenvalue weighted by Crippen LogP contribution is 2.24. The molecule has 6 heteroatoms. The molecule has 0 fully saturated rings. The third-order valence-electron chi connectivity index (χ3n) is 3.59. The van der Waals surface area contributed by atoms with Gasteiger partial charge in [-0.3, -0.25) is 4.79 Å². The molecule has 0 unspecified atom stereocenters. The van der Waals surface area contributed by atoms with Crippen LogP contribution in [0, 0.1) is 0 Å². The molecule has 1 atom stereocenters. The molecule has 0 saturated carbocycles. The zero-order chi connectivity index (χ0) is 15.9. The number of rotatable bonds is 7. The maximum Gasteiger partial charge on any atom is 0.360 e. The number of phenolic OH excluding ortho intramolecular Hbond substituents is 1. The van der Waals surface area contributed by atoms with Crippen molar-refractivity contribution in [1.82, 2.24) is 10.5 Å². The molecule has 116 valence electrons. The second-order valence-corrected chi connectivity index (χ2v) is 5.24. The summed E-state index contributed by atoms with van der Waals surface area (Å²) in [6.45, 7) is 3.12. The van der Waals surface area contributed by atoms with E-state index in [1.54, 1.807) is 19.2 Å². The summed E-state index contributed by atoms with van der Waals surface area (Å²) in [5, 5.41) is 17.4. The first-order chi connectivity index (χ1) is 10.6. The maximum atomic E-state index is 12.2. The average Bonchev–Trinajstić information content (AvgIpc) is 2.53. The minimum absolute atomic E-state index is 0.00246. The Morgan fingerprint density at radius 3 is 2.73 bits per heavy atom. The fourth-order valence-corrected chi connectivity index (χ4v) is 2.27. The number of hydrogen-bond donors (Lipinski definition) is 3. The summed E-state index contributed by atoms with van der Waals surface area (Å²) in [7, 11) is 2.09. The molecule has 0 bridgehead atoms. The maximum absolute atomic E-state index is 12.2. The van der Waals surface area contributed by atoms with Gasteiger partial charge >= 0.3 is 7.62 Å². The van der Waals surface area contributed by atoms with Crippen molar-refractivity contribution >= 4 is 24.3 Å². The Labute approximate surface area is 131 Å². The quantitative estimate of drug-likeness (QED) is 0.532. The highest BCUT2D eigenvalue weighted by Gasteiger charge is 2.15. The fourth-order valence-electron chi connectivity index (χ4n) is 2.27. The second-order valence-electron chi connectivity index (χ2n) is 5.24. The largest absolute Gasteiger partial charge is 0.508 e.